The second kappa shape index (κ2) is 2.21. The molecule has 1 N–H and O–H groups in total. The summed E-state index contributed by atoms with van der Waals surface area (Å²) in [5, 5.41) is 1.86. The van der Waals surface area contributed by atoms with Gasteiger partial charge >= 0.3 is 0 Å². The highest BCUT2D eigenvalue weighted by atomic mass is 19.1. The molecule has 3 nitrogen and oxygen atoms in total. The van der Waals surface area contributed by atoms with E-state index in [0.717, 1.165) is 6.08 Å². The van der Waals surface area contributed by atoms with Crippen molar-refractivity contribution in [1.29, 1.82) is 0 Å². The van der Waals surface area contributed by atoms with E-state index in [-0.39, 0.29) is 0 Å². The molecule has 1 unspecified atom stereocenters. The maximum absolute atomic E-state index is 12.3. The van der Waals surface area contributed by atoms with Crippen LogP contribution in [0.3, 0.4) is 0 Å². The summed E-state index contributed by atoms with van der Waals surface area (Å²) in [5.74, 6) is -2.82. The number of amides is 2. The number of nitrogens with one attached hydrogen (secondary N) is 1. The second-order valence-electron chi connectivity index (χ2n) is 2.12. The molecule has 1 heterocycles. The highest BCUT2D eigenvalue weighted by Crippen LogP contribution is 2.09. The van der Waals surface area contributed by atoms with Crippen molar-refractivity contribution in [3.05, 3.63) is 11.9 Å². The van der Waals surface area contributed by atoms with Crippen molar-refractivity contribution < 1.29 is 14.0 Å². The van der Waals surface area contributed by atoms with E-state index in [0.29, 0.717) is 0 Å². The van der Waals surface area contributed by atoms with E-state index in [4.69, 9.17) is 0 Å². The van der Waals surface area contributed by atoms with Gasteiger partial charge < -0.3 is 0 Å². The number of imide groups is 1. The van der Waals surface area contributed by atoms with E-state index in [2.05, 4.69) is 0 Å². The van der Waals surface area contributed by atoms with Gasteiger partial charge in [0.05, 0.1) is 5.92 Å². The molecule has 2 amide bonds. The van der Waals surface area contributed by atoms with Crippen molar-refractivity contribution in [3.8, 4) is 0 Å². The Bertz CT molecular complexity index is 222. The summed E-state index contributed by atoms with van der Waals surface area (Å²) in [5.41, 5.74) is 0. The third-order valence-corrected chi connectivity index (χ3v) is 1.26. The van der Waals surface area contributed by atoms with Crippen LogP contribution in [-0.4, -0.2) is 11.8 Å². The Morgan fingerprint density at radius 1 is 1.60 bits per heavy atom. The molecule has 1 aliphatic rings. The Labute approximate surface area is 56.9 Å². The van der Waals surface area contributed by atoms with Gasteiger partial charge in [-0.15, -0.1) is 0 Å². The maximum atomic E-state index is 12.3. The molecule has 1 aliphatic heterocycles. The summed E-state index contributed by atoms with van der Waals surface area (Å²) in [4.78, 5) is 21.0. The molecule has 0 aromatic carbocycles. The zero-order valence-corrected chi connectivity index (χ0v) is 5.35. The Kier molecular flexibility index (Phi) is 1.53. The zero-order valence-electron chi connectivity index (χ0n) is 5.35. The van der Waals surface area contributed by atoms with E-state index in [1.54, 1.807) is 0 Å². The summed E-state index contributed by atoms with van der Waals surface area (Å²) in [6.45, 7) is 1.52. The number of rotatable bonds is 0. The van der Waals surface area contributed by atoms with Gasteiger partial charge in [0.2, 0.25) is 5.91 Å². The molecule has 0 aromatic rings. The van der Waals surface area contributed by atoms with Crippen LogP contribution in [0.25, 0.3) is 0 Å². The lowest BCUT2D eigenvalue weighted by atomic mass is 10.1. The summed E-state index contributed by atoms with van der Waals surface area (Å²) < 4.78 is 12.3. The van der Waals surface area contributed by atoms with Crippen molar-refractivity contribution in [2.24, 2.45) is 5.92 Å². The van der Waals surface area contributed by atoms with Crippen LogP contribution in [0.4, 0.5) is 4.39 Å². The quantitative estimate of drug-likeness (QED) is 0.490. The molecule has 1 rings (SSSR count). The van der Waals surface area contributed by atoms with Gasteiger partial charge in [-0.1, -0.05) is 0 Å². The molecular formula is C6H6FNO2. The molecule has 0 fully saturated rings. The molecule has 0 aliphatic carbocycles. The standard InChI is InChI=1S/C6H6FNO2/c1-3-2-4(7)6(10)8-5(3)9/h2-3H,1H3,(H,8,9,10). The molecule has 10 heavy (non-hydrogen) atoms. The van der Waals surface area contributed by atoms with E-state index < -0.39 is 23.6 Å². The van der Waals surface area contributed by atoms with Crippen molar-refractivity contribution >= 4 is 11.8 Å². The zero-order chi connectivity index (χ0) is 7.72. The monoisotopic (exact) mass is 143 g/mol. The summed E-state index contributed by atoms with van der Waals surface area (Å²) >= 11 is 0. The Hall–Kier alpha value is -1.19. The third-order valence-electron chi connectivity index (χ3n) is 1.26. The van der Waals surface area contributed by atoms with Crippen molar-refractivity contribution in [2.45, 2.75) is 6.92 Å². The molecule has 0 bridgehead atoms. The fourth-order valence-corrected chi connectivity index (χ4v) is 0.656. The van der Waals surface area contributed by atoms with Crippen LogP contribution >= 0.6 is 0 Å². The van der Waals surface area contributed by atoms with Gasteiger partial charge in [0, 0.05) is 0 Å². The molecular weight excluding hydrogens is 137 g/mol. The van der Waals surface area contributed by atoms with Crippen LogP contribution in [0.5, 0.6) is 0 Å². The van der Waals surface area contributed by atoms with Gasteiger partial charge in [-0.05, 0) is 13.0 Å². The highest BCUT2D eigenvalue weighted by Gasteiger charge is 2.23. The fraction of sp³-hybridized carbons (Fsp3) is 0.333. The van der Waals surface area contributed by atoms with Gasteiger partial charge in [0.25, 0.3) is 5.91 Å². The average Bonchev–Trinajstić information content (AvgIpc) is 1.84. The van der Waals surface area contributed by atoms with Gasteiger partial charge in [-0.2, -0.15) is 0 Å². The van der Waals surface area contributed by atoms with Gasteiger partial charge in [-0.25, -0.2) is 4.39 Å². The smallest absolute Gasteiger partial charge is 0.286 e. The van der Waals surface area contributed by atoms with Crippen molar-refractivity contribution in [3.63, 3.8) is 0 Å². The van der Waals surface area contributed by atoms with E-state index in [1.165, 1.54) is 6.92 Å². The van der Waals surface area contributed by atoms with Crippen molar-refractivity contribution in [2.75, 3.05) is 0 Å². The van der Waals surface area contributed by atoms with Gasteiger partial charge in [0.15, 0.2) is 5.83 Å². The third kappa shape index (κ3) is 1.05. The first-order valence-electron chi connectivity index (χ1n) is 2.84. The Morgan fingerprint density at radius 3 is 2.70 bits per heavy atom. The topological polar surface area (TPSA) is 46.2 Å². The number of hydrogen-bond acceptors (Lipinski definition) is 2. The lowest BCUT2D eigenvalue weighted by Crippen LogP contribution is -2.38. The van der Waals surface area contributed by atoms with Crippen LogP contribution in [0, 0.1) is 5.92 Å². The maximum Gasteiger partial charge on any atom is 0.286 e. The van der Waals surface area contributed by atoms with Crippen LogP contribution < -0.4 is 5.32 Å². The summed E-state index contributed by atoms with van der Waals surface area (Å²) in [6.07, 6.45) is 1.00. The van der Waals surface area contributed by atoms with E-state index >= 15 is 0 Å². The predicted octanol–water partition coefficient (Wildman–Crippen LogP) is 0.132. The number of carbonyl (C=O) groups excluding carboxylic acids is 2. The Morgan fingerprint density at radius 2 is 2.20 bits per heavy atom. The normalized spacial score (nSPS) is 25.8. The first-order chi connectivity index (χ1) is 4.61. The molecule has 0 saturated heterocycles. The second-order valence-corrected chi connectivity index (χ2v) is 2.12. The predicted molar refractivity (Wildman–Crippen MR) is 31.5 cm³/mol. The SMILES string of the molecule is CC1C=C(F)C(=O)NC1=O. The molecule has 0 saturated carbocycles. The minimum absolute atomic E-state index is 0.452. The van der Waals surface area contributed by atoms with Crippen LogP contribution in [0.15, 0.2) is 11.9 Å². The first kappa shape index (κ1) is 6.92. The average molecular weight is 143 g/mol. The largest absolute Gasteiger partial charge is 0.290 e. The van der Waals surface area contributed by atoms with Gasteiger partial charge in [0.1, 0.15) is 0 Å². The molecule has 0 spiro atoms. The lowest BCUT2D eigenvalue weighted by molar-refractivity contribution is -0.131. The van der Waals surface area contributed by atoms with Crippen LogP contribution in [0.2, 0.25) is 0 Å². The summed E-state index contributed by atoms with van der Waals surface area (Å²) in [6, 6.07) is 0. The molecule has 4 heteroatoms. The first-order valence-corrected chi connectivity index (χ1v) is 2.84. The molecule has 0 radical (unpaired) electrons. The molecule has 1 atom stereocenters. The van der Waals surface area contributed by atoms with E-state index in [1.807, 2.05) is 5.32 Å². The van der Waals surface area contributed by atoms with E-state index in [9.17, 15) is 14.0 Å². The number of halogens is 1. The van der Waals surface area contributed by atoms with Crippen LogP contribution in [0.1, 0.15) is 6.92 Å². The number of carbonyl (C=O) groups is 2. The van der Waals surface area contributed by atoms with Gasteiger partial charge in [-0.3, -0.25) is 14.9 Å². The molecule has 54 valence electrons. The fourth-order valence-electron chi connectivity index (χ4n) is 0.656. The number of hydrogen-bond donors (Lipinski definition) is 1. The Balaban J connectivity index is 2.89. The minimum atomic E-state index is -0.942. The highest BCUT2D eigenvalue weighted by molar-refractivity contribution is 6.06. The minimum Gasteiger partial charge on any atom is -0.290 e. The van der Waals surface area contributed by atoms with Crippen LogP contribution in [-0.2, 0) is 9.59 Å². The lowest BCUT2D eigenvalue weighted by Gasteiger charge is -2.11. The molecule has 0 aromatic heterocycles. The summed E-state index contributed by atoms with van der Waals surface area (Å²) in [7, 11) is 0. The van der Waals surface area contributed by atoms with Crippen molar-refractivity contribution in [1.82, 2.24) is 5.32 Å².